The Labute approximate surface area is 433 Å². The number of aliphatic imine (C=N–C) groups is 1. The molecule has 4 saturated heterocycles. The molecule has 380 valence electrons. The number of aliphatic hydroxyl groups is 1. The fourth-order valence-corrected chi connectivity index (χ4v) is 13.4. The van der Waals surface area contributed by atoms with Crippen LogP contribution in [0.5, 0.6) is 0 Å². The van der Waals surface area contributed by atoms with Crippen molar-refractivity contribution in [3.8, 4) is 15.4 Å². The van der Waals surface area contributed by atoms with E-state index < -0.39 is 29.6 Å². The number of thiazole rings is 1. The third-order valence-electron chi connectivity index (χ3n) is 15.6. The van der Waals surface area contributed by atoms with E-state index in [9.17, 15) is 24.3 Å². The Bertz CT molecular complexity index is 2920. The number of carbonyl (C=O) groups is 4. The molecule has 10 rings (SSSR count). The molecule has 5 aliphatic heterocycles. The van der Waals surface area contributed by atoms with Gasteiger partial charge in [0.05, 0.1) is 52.9 Å². The average Bonchev–Trinajstić information content (AvgIpc) is 4.11. The molecule has 19 heteroatoms. The summed E-state index contributed by atoms with van der Waals surface area (Å²) >= 11 is 9.58. The van der Waals surface area contributed by atoms with Crippen LogP contribution in [0.2, 0.25) is 5.02 Å². The summed E-state index contributed by atoms with van der Waals surface area (Å²) in [6.45, 7) is 18.9. The summed E-state index contributed by atoms with van der Waals surface area (Å²) in [6, 6.07) is 13.9. The Morgan fingerprint density at radius 3 is 2.25 bits per heavy atom. The molecule has 72 heavy (non-hydrogen) atoms. The van der Waals surface area contributed by atoms with Crippen molar-refractivity contribution in [2.45, 2.75) is 129 Å². The molecule has 16 nitrogen and oxygen atoms in total. The third kappa shape index (κ3) is 9.54. The molecule has 4 amide bonds. The molecule has 3 N–H and O–H groups in total. The number of hydrogen-bond donors (Lipinski definition) is 3. The number of piperazine rings is 1. The van der Waals surface area contributed by atoms with Gasteiger partial charge in [0.1, 0.15) is 29.0 Å². The molecule has 7 atom stereocenters. The molecular weight excluding hydrogens is 970 g/mol. The van der Waals surface area contributed by atoms with Gasteiger partial charge >= 0.3 is 0 Å². The summed E-state index contributed by atoms with van der Waals surface area (Å²) in [4.78, 5) is 76.2. The number of nitrogens with zero attached hydrogens (tertiary/aromatic N) is 9. The predicted molar refractivity (Wildman–Crippen MR) is 280 cm³/mol. The van der Waals surface area contributed by atoms with Crippen LogP contribution < -0.4 is 10.6 Å². The summed E-state index contributed by atoms with van der Waals surface area (Å²) in [5, 5.41) is 27.6. The number of likely N-dealkylation sites (tertiary alicyclic amines) is 4. The maximum Gasteiger partial charge on any atom is 0.246 e. The lowest BCUT2D eigenvalue weighted by molar-refractivity contribution is -0.175. The van der Waals surface area contributed by atoms with E-state index in [1.807, 2.05) is 100 Å². The van der Waals surface area contributed by atoms with Crippen LogP contribution in [0.25, 0.3) is 15.4 Å². The molecule has 5 aromatic rings. The normalized spacial score (nSPS) is 23.2. The summed E-state index contributed by atoms with van der Waals surface area (Å²) in [6.07, 6.45) is 1.23. The minimum Gasteiger partial charge on any atom is -0.391 e. The van der Waals surface area contributed by atoms with E-state index in [1.54, 1.807) is 22.7 Å². The first-order valence-corrected chi connectivity index (χ1v) is 27.1. The SMILES string of the molecule is Cc1ncsc1-c1ccc([C@H](C)NC(=O)[C@@H]2C[C@@H](O)CN2C(=O)[C@@H](NC(=O)CN2CCC(N3CC4[C@@H]3CN4C(=O)C[C@@H]3N=C(c4ccc(Cl)cc4)c4c(sc(C)c4C)-n4c(C)nnc43)CC2)C(C)(C)C)cc1. The molecule has 0 spiro atoms. The van der Waals surface area contributed by atoms with Gasteiger partial charge in [0.25, 0.3) is 0 Å². The second kappa shape index (κ2) is 19.8. The van der Waals surface area contributed by atoms with Crippen LogP contribution in [0, 0.1) is 33.1 Å². The average molecular weight is 1030 g/mol. The van der Waals surface area contributed by atoms with Crippen LogP contribution in [0.15, 0.2) is 59.0 Å². The summed E-state index contributed by atoms with van der Waals surface area (Å²) in [7, 11) is 0. The highest BCUT2D eigenvalue weighted by Crippen LogP contribution is 2.42. The van der Waals surface area contributed by atoms with Crippen LogP contribution in [0.3, 0.4) is 0 Å². The summed E-state index contributed by atoms with van der Waals surface area (Å²) in [5.41, 5.74) is 8.06. The standard InChI is InChI=1S/C53H64ClN11O5S2/c1-28-31(4)72-52-45(28)46(34-13-15-36(54)16-14-34)57-39(49-60-59-32(5)65(49)52)22-44(68)63-25-41-42(63)24-62(41)37-17-19-61(20-18-37)26-43(67)58-48(53(6,7)8)51(70)64-23-38(66)21-40(64)50(69)56-29(2)33-9-11-35(12-10-33)47-30(3)55-27-71-47/h9-16,27,29,37-42,48,66H,17-26H2,1-8H3,(H,56,69)(H,58,67)/t29-,38+,39-,40-,41-,42?,48+/m0/s1. The molecule has 0 saturated carbocycles. The number of carbonyl (C=O) groups excluding carboxylic acids is 4. The highest BCUT2D eigenvalue weighted by molar-refractivity contribution is 7.15. The van der Waals surface area contributed by atoms with Gasteiger partial charge < -0.3 is 25.5 Å². The van der Waals surface area contributed by atoms with Gasteiger partial charge in [-0.2, -0.15) is 0 Å². The second-order valence-corrected chi connectivity index (χ2v) is 23.9. The topological polar surface area (TPSA) is 181 Å². The number of β-amino-alcohol motifs (C(OH)–C–C–N with tert-alkyl or cyclic N) is 1. The molecule has 0 aliphatic carbocycles. The zero-order valence-corrected chi connectivity index (χ0v) is 44.6. The lowest BCUT2D eigenvalue weighted by Crippen LogP contribution is -2.81. The third-order valence-corrected chi connectivity index (χ3v) is 18.0. The number of nitrogens with one attached hydrogen (secondary N) is 2. The van der Waals surface area contributed by atoms with Crippen molar-refractivity contribution in [3.05, 3.63) is 104 Å². The van der Waals surface area contributed by atoms with Crippen LogP contribution in [0.1, 0.15) is 110 Å². The van der Waals surface area contributed by atoms with Gasteiger partial charge in [-0.1, -0.05) is 68.8 Å². The fourth-order valence-electron chi connectivity index (χ4n) is 11.2. The van der Waals surface area contributed by atoms with Gasteiger partial charge in [0, 0.05) is 72.3 Å². The van der Waals surface area contributed by atoms with Gasteiger partial charge in [-0.05, 0) is 81.7 Å². The number of fused-ring (bicyclic) bond motifs is 4. The predicted octanol–water partition coefficient (Wildman–Crippen LogP) is 6.35. The van der Waals surface area contributed by atoms with E-state index in [0.29, 0.717) is 29.5 Å². The lowest BCUT2D eigenvalue weighted by Gasteiger charge is -2.64. The number of rotatable bonds is 12. The zero-order chi connectivity index (χ0) is 50.9. The molecule has 0 bridgehead atoms. The molecule has 0 radical (unpaired) electrons. The van der Waals surface area contributed by atoms with Crippen molar-refractivity contribution in [2.24, 2.45) is 10.4 Å². The van der Waals surface area contributed by atoms with Crippen LogP contribution in [0.4, 0.5) is 0 Å². The second-order valence-electron chi connectivity index (χ2n) is 21.4. The Morgan fingerprint density at radius 1 is 0.889 bits per heavy atom. The summed E-state index contributed by atoms with van der Waals surface area (Å²) < 4.78 is 2.08. The Balaban J connectivity index is 0.716. The van der Waals surface area contributed by atoms with Crippen molar-refractivity contribution < 1.29 is 24.3 Å². The molecule has 3 aromatic heterocycles. The van der Waals surface area contributed by atoms with E-state index in [1.165, 1.54) is 9.78 Å². The molecule has 4 fully saturated rings. The number of piperidine rings is 1. The van der Waals surface area contributed by atoms with Gasteiger partial charge in [0.15, 0.2) is 5.82 Å². The lowest BCUT2D eigenvalue weighted by atomic mass is 9.81. The number of aromatic nitrogens is 4. The zero-order valence-electron chi connectivity index (χ0n) is 42.2. The van der Waals surface area contributed by atoms with Gasteiger partial charge in [-0.3, -0.25) is 38.5 Å². The first kappa shape index (κ1) is 50.2. The van der Waals surface area contributed by atoms with E-state index >= 15 is 0 Å². The van der Waals surface area contributed by atoms with E-state index in [2.05, 4.69) is 54.0 Å². The van der Waals surface area contributed by atoms with E-state index in [0.717, 1.165) is 87.4 Å². The first-order chi connectivity index (χ1) is 34.3. The van der Waals surface area contributed by atoms with E-state index in [4.69, 9.17) is 16.6 Å². The van der Waals surface area contributed by atoms with Gasteiger partial charge in [0.2, 0.25) is 23.6 Å². The molecule has 5 aliphatic rings. The first-order valence-electron chi connectivity index (χ1n) is 25.1. The highest BCUT2D eigenvalue weighted by atomic mass is 35.5. The number of benzene rings is 2. The molecular formula is C53H64ClN11O5S2. The maximum absolute atomic E-state index is 14.3. The Hall–Kier alpha value is -5.37. The number of thiophene rings is 1. The Morgan fingerprint density at radius 2 is 1.60 bits per heavy atom. The van der Waals surface area contributed by atoms with Crippen molar-refractivity contribution in [3.63, 3.8) is 0 Å². The van der Waals surface area contributed by atoms with E-state index in [-0.39, 0.29) is 61.6 Å². The molecule has 2 aromatic carbocycles. The maximum atomic E-state index is 14.3. The highest BCUT2D eigenvalue weighted by Gasteiger charge is 2.55. The van der Waals surface area contributed by atoms with Gasteiger partial charge in [-0.15, -0.1) is 32.9 Å². The summed E-state index contributed by atoms with van der Waals surface area (Å²) in [5.74, 6) is 0.519. The minimum absolute atomic E-state index is 0.00909. The smallest absolute Gasteiger partial charge is 0.246 e. The molecule has 8 heterocycles. The number of aliphatic hydroxyl groups excluding tert-OH is 1. The van der Waals surface area contributed by atoms with Gasteiger partial charge in [-0.25, -0.2) is 4.98 Å². The quantitative estimate of drug-likeness (QED) is 0.127. The van der Waals surface area contributed by atoms with Crippen molar-refractivity contribution >= 4 is 63.6 Å². The van der Waals surface area contributed by atoms with Crippen LogP contribution in [-0.2, 0) is 19.2 Å². The number of amides is 4. The van der Waals surface area contributed by atoms with Crippen LogP contribution >= 0.6 is 34.3 Å². The van der Waals surface area contributed by atoms with Crippen molar-refractivity contribution in [1.82, 2.24) is 50.0 Å². The monoisotopic (exact) mass is 1030 g/mol. The number of aryl methyl sites for hydroxylation is 3. The van der Waals surface area contributed by atoms with Crippen molar-refractivity contribution in [1.29, 1.82) is 0 Å². The number of hydrogen-bond acceptors (Lipinski definition) is 13. The Kier molecular flexibility index (Phi) is 13.8. The van der Waals surface area contributed by atoms with Crippen molar-refractivity contribution in [2.75, 3.05) is 39.3 Å². The van der Waals surface area contributed by atoms with Crippen LogP contribution in [-0.4, -0.2) is 149 Å². The minimum atomic E-state index is -0.907. The fraction of sp³-hybridized carbons (Fsp3) is 0.509. The number of halogens is 1. The molecule has 1 unspecified atom stereocenters. The largest absolute Gasteiger partial charge is 0.391 e.